The molecule has 1 aromatic heterocycles. The summed E-state index contributed by atoms with van der Waals surface area (Å²) in [6.07, 6.45) is 1.11. The molecule has 0 unspecified atom stereocenters. The molecule has 0 saturated heterocycles. The molecule has 0 aliphatic carbocycles. The Bertz CT molecular complexity index is 415. The van der Waals surface area contributed by atoms with E-state index < -0.39 is 17.6 Å². The fourth-order valence-electron chi connectivity index (χ4n) is 1.03. The molecule has 0 bridgehead atoms. The molecule has 0 aliphatic heterocycles. The Morgan fingerprint density at radius 3 is 2.36 bits per heavy atom. The molecule has 0 aliphatic rings. The Balaban J connectivity index is 3.53. The van der Waals surface area contributed by atoms with Gasteiger partial charge in [0.1, 0.15) is 5.75 Å². The summed E-state index contributed by atoms with van der Waals surface area (Å²) in [5.74, 6) is -2.18. The summed E-state index contributed by atoms with van der Waals surface area (Å²) in [4.78, 5) is 25.5. The second-order valence-corrected chi connectivity index (χ2v) is 2.71. The van der Waals surface area contributed by atoms with Crippen molar-refractivity contribution in [3.63, 3.8) is 0 Å². The summed E-state index contributed by atoms with van der Waals surface area (Å²) in [5.41, 5.74) is 9.71. The van der Waals surface area contributed by atoms with Crippen LogP contribution in [0, 0.1) is 6.92 Å². The maximum atomic E-state index is 10.9. The first-order valence-electron chi connectivity index (χ1n) is 3.73. The molecule has 6 heteroatoms. The van der Waals surface area contributed by atoms with Crippen LogP contribution >= 0.6 is 0 Å². The highest BCUT2D eigenvalue weighted by Gasteiger charge is 2.19. The van der Waals surface area contributed by atoms with Crippen LogP contribution in [0.15, 0.2) is 6.20 Å². The first-order chi connectivity index (χ1) is 6.45. The first kappa shape index (κ1) is 9.97. The molecule has 1 rings (SSSR count). The van der Waals surface area contributed by atoms with E-state index in [-0.39, 0.29) is 16.8 Å². The molecule has 6 nitrogen and oxygen atoms in total. The van der Waals surface area contributed by atoms with Gasteiger partial charge in [0.05, 0.1) is 16.8 Å². The van der Waals surface area contributed by atoms with Gasteiger partial charge in [-0.2, -0.15) is 0 Å². The van der Waals surface area contributed by atoms with Crippen LogP contribution in [0.2, 0.25) is 0 Å². The molecule has 5 N–H and O–H groups in total. The Morgan fingerprint density at radius 1 is 1.36 bits per heavy atom. The van der Waals surface area contributed by atoms with Gasteiger partial charge in [-0.15, -0.1) is 0 Å². The lowest BCUT2D eigenvalue weighted by molar-refractivity contribution is 0.0964. The number of aryl methyl sites for hydroxylation is 1. The van der Waals surface area contributed by atoms with Crippen LogP contribution in [0.3, 0.4) is 0 Å². The van der Waals surface area contributed by atoms with E-state index in [9.17, 15) is 14.7 Å². The van der Waals surface area contributed by atoms with Crippen molar-refractivity contribution < 1.29 is 14.7 Å². The third kappa shape index (κ3) is 1.49. The van der Waals surface area contributed by atoms with Gasteiger partial charge in [0.15, 0.2) is 0 Å². The number of hydrogen-bond acceptors (Lipinski definition) is 4. The van der Waals surface area contributed by atoms with E-state index in [0.29, 0.717) is 0 Å². The van der Waals surface area contributed by atoms with Gasteiger partial charge >= 0.3 is 0 Å². The zero-order valence-corrected chi connectivity index (χ0v) is 7.44. The van der Waals surface area contributed by atoms with Crippen molar-refractivity contribution in [2.45, 2.75) is 6.92 Å². The Hall–Kier alpha value is -2.11. The quantitative estimate of drug-likeness (QED) is 0.577. The molecule has 74 valence electrons. The second-order valence-electron chi connectivity index (χ2n) is 2.71. The third-order valence-corrected chi connectivity index (χ3v) is 1.75. The Morgan fingerprint density at radius 2 is 1.93 bits per heavy atom. The lowest BCUT2D eigenvalue weighted by Gasteiger charge is -2.06. The van der Waals surface area contributed by atoms with Crippen LogP contribution in [0.5, 0.6) is 5.75 Å². The van der Waals surface area contributed by atoms with Gasteiger partial charge < -0.3 is 16.6 Å². The molecule has 0 aromatic carbocycles. The number of carbonyl (C=O) groups is 2. The van der Waals surface area contributed by atoms with E-state index in [2.05, 4.69) is 4.98 Å². The van der Waals surface area contributed by atoms with E-state index in [1.165, 1.54) is 6.92 Å². The number of aromatic hydroxyl groups is 1. The minimum atomic E-state index is -0.915. The maximum Gasteiger partial charge on any atom is 0.253 e. The van der Waals surface area contributed by atoms with Crippen molar-refractivity contribution >= 4 is 11.8 Å². The predicted octanol–water partition coefficient (Wildman–Crippen LogP) is -0.707. The molecule has 2 amide bonds. The normalized spacial score (nSPS) is 9.79. The van der Waals surface area contributed by atoms with Crippen LogP contribution in [0.4, 0.5) is 0 Å². The monoisotopic (exact) mass is 195 g/mol. The van der Waals surface area contributed by atoms with Gasteiger partial charge in [-0.05, 0) is 6.92 Å². The van der Waals surface area contributed by atoms with Crippen LogP contribution in [-0.4, -0.2) is 21.9 Å². The first-order valence-corrected chi connectivity index (χ1v) is 3.73. The van der Waals surface area contributed by atoms with E-state index >= 15 is 0 Å². The zero-order chi connectivity index (χ0) is 10.9. The number of pyridine rings is 1. The Kier molecular flexibility index (Phi) is 2.37. The standard InChI is InChI=1S/C8H9N3O3/c1-3-6(12)5(8(10)14)4(2-11-3)7(9)13/h2,12H,1H3,(H2,9,13)(H2,10,14). The average molecular weight is 195 g/mol. The van der Waals surface area contributed by atoms with E-state index in [1.54, 1.807) is 0 Å². The summed E-state index contributed by atoms with van der Waals surface area (Å²) in [5, 5.41) is 9.43. The van der Waals surface area contributed by atoms with Crippen molar-refractivity contribution in [1.29, 1.82) is 0 Å². The van der Waals surface area contributed by atoms with Crippen molar-refractivity contribution in [2.75, 3.05) is 0 Å². The Labute approximate surface area is 79.5 Å². The lowest BCUT2D eigenvalue weighted by Crippen LogP contribution is -2.21. The van der Waals surface area contributed by atoms with Crippen molar-refractivity contribution in [3.8, 4) is 5.75 Å². The zero-order valence-electron chi connectivity index (χ0n) is 7.44. The number of amides is 2. The predicted molar refractivity (Wildman–Crippen MR) is 47.7 cm³/mol. The fourth-order valence-corrected chi connectivity index (χ4v) is 1.03. The van der Waals surface area contributed by atoms with Gasteiger partial charge in [0, 0.05) is 6.20 Å². The summed E-state index contributed by atoms with van der Waals surface area (Å²) in [6.45, 7) is 1.48. The molecular weight excluding hydrogens is 186 g/mol. The molecular formula is C8H9N3O3. The van der Waals surface area contributed by atoms with Gasteiger partial charge in [0.2, 0.25) is 0 Å². The number of primary amides is 2. The number of rotatable bonds is 2. The second kappa shape index (κ2) is 3.33. The van der Waals surface area contributed by atoms with Crippen molar-refractivity contribution in [2.24, 2.45) is 11.5 Å². The lowest BCUT2D eigenvalue weighted by atomic mass is 10.1. The summed E-state index contributed by atoms with van der Waals surface area (Å²) in [7, 11) is 0. The highest BCUT2D eigenvalue weighted by atomic mass is 16.3. The fraction of sp³-hybridized carbons (Fsp3) is 0.125. The molecule has 0 atom stereocenters. The van der Waals surface area contributed by atoms with Gasteiger partial charge in [-0.1, -0.05) is 0 Å². The smallest absolute Gasteiger partial charge is 0.253 e. The molecule has 14 heavy (non-hydrogen) atoms. The molecule has 0 saturated carbocycles. The summed E-state index contributed by atoms with van der Waals surface area (Å²) in [6, 6.07) is 0. The molecule has 1 aromatic rings. The third-order valence-electron chi connectivity index (χ3n) is 1.75. The van der Waals surface area contributed by atoms with Crippen LogP contribution < -0.4 is 11.5 Å². The van der Waals surface area contributed by atoms with Crippen LogP contribution in [0.1, 0.15) is 26.4 Å². The number of aromatic nitrogens is 1. The summed E-state index contributed by atoms with van der Waals surface area (Å²) < 4.78 is 0. The minimum absolute atomic E-state index is 0.180. The molecule has 0 fully saturated rings. The largest absolute Gasteiger partial charge is 0.505 e. The highest BCUT2D eigenvalue weighted by Crippen LogP contribution is 2.22. The van der Waals surface area contributed by atoms with Crippen LogP contribution in [0.25, 0.3) is 0 Å². The number of hydrogen-bond donors (Lipinski definition) is 3. The number of nitrogens with zero attached hydrogens (tertiary/aromatic N) is 1. The summed E-state index contributed by atoms with van der Waals surface area (Å²) >= 11 is 0. The van der Waals surface area contributed by atoms with Gasteiger partial charge in [-0.3, -0.25) is 14.6 Å². The van der Waals surface area contributed by atoms with E-state index in [0.717, 1.165) is 6.20 Å². The van der Waals surface area contributed by atoms with E-state index in [1.807, 2.05) is 0 Å². The molecule has 0 radical (unpaired) electrons. The van der Waals surface area contributed by atoms with Crippen molar-refractivity contribution in [1.82, 2.24) is 4.98 Å². The highest BCUT2D eigenvalue weighted by molar-refractivity contribution is 6.07. The maximum absolute atomic E-state index is 10.9. The molecule has 0 spiro atoms. The van der Waals surface area contributed by atoms with E-state index in [4.69, 9.17) is 11.5 Å². The minimum Gasteiger partial charge on any atom is -0.505 e. The number of carbonyl (C=O) groups excluding carboxylic acids is 2. The van der Waals surface area contributed by atoms with Crippen molar-refractivity contribution in [3.05, 3.63) is 23.0 Å². The SMILES string of the molecule is Cc1ncc(C(N)=O)c(C(N)=O)c1O. The number of nitrogens with two attached hydrogens (primary N) is 2. The average Bonchev–Trinajstić information content (AvgIpc) is 2.08. The molecule has 1 heterocycles. The van der Waals surface area contributed by atoms with Gasteiger partial charge in [0.25, 0.3) is 11.8 Å². The topological polar surface area (TPSA) is 119 Å². The van der Waals surface area contributed by atoms with Gasteiger partial charge in [-0.25, -0.2) is 0 Å². The van der Waals surface area contributed by atoms with Crippen LogP contribution in [-0.2, 0) is 0 Å².